The molecule has 6 nitrogen and oxygen atoms in total. The molecule has 100 valence electrons. The van der Waals surface area contributed by atoms with Crippen molar-refractivity contribution in [1.82, 2.24) is 15.0 Å². The number of nitrogens with zero attached hydrogens (tertiary/aromatic N) is 4. The molecule has 2 aromatic carbocycles. The SMILES string of the molecule is Cc1ccc(-n2nc3cc([N+](=O)[O-])cc(Cl)c3n2)cc1. The second-order valence-electron chi connectivity index (χ2n) is 4.38. The maximum Gasteiger partial charge on any atom is 0.273 e. The first-order valence-corrected chi connectivity index (χ1v) is 6.20. The van der Waals surface area contributed by atoms with Crippen molar-refractivity contribution in [3.63, 3.8) is 0 Å². The van der Waals surface area contributed by atoms with Gasteiger partial charge in [-0.15, -0.1) is 10.2 Å². The van der Waals surface area contributed by atoms with E-state index in [1.54, 1.807) is 0 Å². The molecule has 1 heterocycles. The first-order valence-electron chi connectivity index (χ1n) is 5.82. The van der Waals surface area contributed by atoms with E-state index in [2.05, 4.69) is 10.2 Å². The largest absolute Gasteiger partial charge is 0.273 e. The van der Waals surface area contributed by atoms with Crippen LogP contribution in [0.15, 0.2) is 36.4 Å². The summed E-state index contributed by atoms with van der Waals surface area (Å²) in [5.41, 5.74) is 2.63. The molecule has 0 saturated carbocycles. The Labute approximate surface area is 118 Å². The molecule has 0 aliphatic heterocycles. The van der Waals surface area contributed by atoms with Gasteiger partial charge in [0.05, 0.1) is 15.6 Å². The van der Waals surface area contributed by atoms with Crippen molar-refractivity contribution in [2.24, 2.45) is 0 Å². The molecule has 0 saturated heterocycles. The van der Waals surface area contributed by atoms with Crippen LogP contribution in [-0.2, 0) is 0 Å². The van der Waals surface area contributed by atoms with E-state index >= 15 is 0 Å². The molecular weight excluding hydrogens is 280 g/mol. The number of rotatable bonds is 2. The third-order valence-corrected chi connectivity index (χ3v) is 3.19. The van der Waals surface area contributed by atoms with Crippen molar-refractivity contribution in [1.29, 1.82) is 0 Å². The first kappa shape index (κ1) is 12.6. The topological polar surface area (TPSA) is 73.8 Å². The summed E-state index contributed by atoms with van der Waals surface area (Å²) in [5, 5.41) is 19.5. The summed E-state index contributed by atoms with van der Waals surface area (Å²) in [6.45, 7) is 1.98. The van der Waals surface area contributed by atoms with Crippen LogP contribution in [0.2, 0.25) is 5.02 Å². The fourth-order valence-electron chi connectivity index (χ4n) is 1.86. The van der Waals surface area contributed by atoms with Crippen molar-refractivity contribution < 1.29 is 4.92 Å². The summed E-state index contributed by atoms with van der Waals surface area (Å²) in [6, 6.07) is 10.3. The molecule has 0 unspecified atom stereocenters. The molecule has 0 spiro atoms. The molecular formula is C13H9ClN4O2. The number of non-ortho nitro benzene ring substituents is 1. The van der Waals surface area contributed by atoms with Crippen LogP contribution in [-0.4, -0.2) is 19.9 Å². The van der Waals surface area contributed by atoms with Gasteiger partial charge < -0.3 is 0 Å². The molecule has 3 aromatic rings. The van der Waals surface area contributed by atoms with Crippen molar-refractivity contribution in [3.05, 3.63) is 57.1 Å². The summed E-state index contributed by atoms with van der Waals surface area (Å²) in [6.07, 6.45) is 0. The minimum atomic E-state index is -0.504. The Morgan fingerprint density at radius 1 is 1.20 bits per heavy atom. The van der Waals surface area contributed by atoms with Gasteiger partial charge >= 0.3 is 0 Å². The normalized spacial score (nSPS) is 10.9. The Bertz CT molecular complexity index is 811. The van der Waals surface area contributed by atoms with Crippen LogP contribution >= 0.6 is 11.6 Å². The summed E-state index contributed by atoms with van der Waals surface area (Å²) in [5.74, 6) is 0. The quantitative estimate of drug-likeness (QED) is 0.536. The molecule has 20 heavy (non-hydrogen) atoms. The van der Waals surface area contributed by atoms with Gasteiger partial charge in [-0.1, -0.05) is 29.3 Å². The molecule has 1 aromatic heterocycles. The lowest BCUT2D eigenvalue weighted by Crippen LogP contribution is -1.97. The van der Waals surface area contributed by atoms with Crippen molar-refractivity contribution in [2.75, 3.05) is 0 Å². The van der Waals surface area contributed by atoms with E-state index in [-0.39, 0.29) is 10.7 Å². The number of hydrogen-bond donors (Lipinski definition) is 0. The highest BCUT2D eigenvalue weighted by Gasteiger charge is 2.15. The van der Waals surface area contributed by atoms with Crippen molar-refractivity contribution in [3.8, 4) is 5.69 Å². The first-order chi connectivity index (χ1) is 9.54. The molecule has 0 aliphatic carbocycles. The molecule has 0 bridgehead atoms. The van der Waals surface area contributed by atoms with Gasteiger partial charge in [0.2, 0.25) is 0 Å². The predicted molar refractivity (Wildman–Crippen MR) is 75.3 cm³/mol. The van der Waals surface area contributed by atoms with Gasteiger partial charge in [0.25, 0.3) is 5.69 Å². The Morgan fingerprint density at radius 3 is 2.55 bits per heavy atom. The number of hydrogen-bond acceptors (Lipinski definition) is 4. The number of fused-ring (bicyclic) bond motifs is 1. The van der Waals surface area contributed by atoms with Gasteiger partial charge in [0.15, 0.2) is 0 Å². The van der Waals surface area contributed by atoms with Crippen LogP contribution in [0.5, 0.6) is 0 Å². The maximum absolute atomic E-state index is 10.8. The number of aromatic nitrogens is 3. The Balaban J connectivity index is 2.17. The fraction of sp³-hybridized carbons (Fsp3) is 0.0769. The lowest BCUT2D eigenvalue weighted by Gasteiger charge is -1.98. The van der Waals surface area contributed by atoms with Gasteiger partial charge in [-0.3, -0.25) is 10.1 Å². The average molecular weight is 289 g/mol. The second-order valence-corrected chi connectivity index (χ2v) is 4.78. The maximum atomic E-state index is 10.8. The summed E-state index contributed by atoms with van der Waals surface area (Å²) in [7, 11) is 0. The Hall–Kier alpha value is -2.47. The van der Waals surface area contributed by atoms with Gasteiger partial charge in [-0.2, -0.15) is 4.80 Å². The van der Waals surface area contributed by atoms with E-state index in [0.29, 0.717) is 11.0 Å². The molecule has 0 N–H and O–H groups in total. The van der Waals surface area contributed by atoms with Crippen LogP contribution in [0.1, 0.15) is 5.56 Å². The van der Waals surface area contributed by atoms with E-state index in [4.69, 9.17) is 11.6 Å². The van der Waals surface area contributed by atoms with Gasteiger partial charge in [-0.25, -0.2) is 0 Å². The minimum absolute atomic E-state index is 0.0987. The van der Waals surface area contributed by atoms with E-state index in [1.807, 2.05) is 31.2 Å². The monoisotopic (exact) mass is 288 g/mol. The molecule has 0 amide bonds. The summed E-state index contributed by atoms with van der Waals surface area (Å²) < 4.78 is 0. The summed E-state index contributed by atoms with van der Waals surface area (Å²) in [4.78, 5) is 11.7. The van der Waals surface area contributed by atoms with Crippen LogP contribution in [0, 0.1) is 17.0 Å². The van der Waals surface area contributed by atoms with E-state index in [9.17, 15) is 10.1 Å². The van der Waals surface area contributed by atoms with Crippen LogP contribution < -0.4 is 0 Å². The number of halogens is 1. The molecule has 0 fully saturated rings. The van der Waals surface area contributed by atoms with Gasteiger partial charge in [0, 0.05) is 12.1 Å². The lowest BCUT2D eigenvalue weighted by atomic mass is 10.2. The zero-order valence-electron chi connectivity index (χ0n) is 10.4. The molecule has 0 aliphatic rings. The van der Waals surface area contributed by atoms with E-state index < -0.39 is 4.92 Å². The van der Waals surface area contributed by atoms with Crippen molar-refractivity contribution in [2.45, 2.75) is 6.92 Å². The number of nitro benzene ring substituents is 1. The van der Waals surface area contributed by atoms with Crippen LogP contribution in [0.4, 0.5) is 5.69 Å². The lowest BCUT2D eigenvalue weighted by molar-refractivity contribution is -0.384. The summed E-state index contributed by atoms with van der Waals surface area (Å²) >= 11 is 6.01. The van der Waals surface area contributed by atoms with Crippen LogP contribution in [0.3, 0.4) is 0 Å². The van der Waals surface area contributed by atoms with Crippen molar-refractivity contribution >= 4 is 28.3 Å². The highest BCUT2D eigenvalue weighted by molar-refractivity contribution is 6.35. The average Bonchev–Trinajstić information content (AvgIpc) is 2.84. The minimum Gasteiger partial charge on any atom is -0.258 e. The third kappa shape index (κ3) is 2.10. The zero-order chi connectivity index (χ0) is 14.3. The zero-order valence-corrected chi connectivity index (χ0v) is 11.2. The molecule has 3 rings (SSSR count). The number of benzene rings is 2. The van der Waals surface area contributed by atoms with Gasteiger partial charge in [-0.05, 0) is 19.1 Å². The smallest absolute Gasteiger partial charge is 0.258 e. The second kappa shape index (κ2) is 4.57. The van der Waals surface area contributed by atoms with Gasteiger partial charge in [0.1, 0.15) is 11.0 Å². The molecule has 7 heteroatoms. The molecule has 0 radical (unpaired) electrons. The molecule has 0 atom stereocenters. The standard InChI is InChI=1S/C13H9ClN4O2/c1-8-2-4-9(5-3-8)17-15-12-7-10(18(19)20)6-11(14)13(12)16-17/h2-7H,1H3. The third-order valence-electron chi connectivity index (χ3n) is 2.90. The number of aryl methyl sites for hydroxylation is 1. The van der Waals surface area contributed by atoms with E-state index in [1.165, 1.54) is 16.9 Å². The highest BCUT2D eigenvalue weighted by Crippen LogP contribution is 2.27. The Kier molecular flexibility index (Phi) is 2.87. The fourth-order valence-corrected chi connectivity index (χ4v) is 2.11. The highest BCUT2D eigenvalue weighted by atomic mass is 35.5. The van der Waals surface area contributed by atoms with E-state index in [0.717, 1.165) is 11.3 Å². The Morgan fingerprint density at radius 2 is 1.90 bits per heavy atom. The predicted octanol–water partition coefficient (Wildman–Crippen LogP) is 3.29. The number of nitro groups is 1. The van der Waals surface area contributed by atoms with Crippen LogP contribution in [0.25, 0.3) is 16.7 Å².